The van der Waals surface area contributed by atoms with E-state index in [0.29, 0.717) is 18.0 Å². The van der Waals surface area contributed by atoms with Gasteiger partial charge in [0.25, 0.3) is 0 Å². The van der Waals surface area contributed by atoms with E-state index < -0.39 is 10.0 Å². The molecule has 1 aromatic carbocycles. The normalized spacial score (nSPS) is 11.7. The third-order valence-electron chi connectivity index (χ3n) is 2.55. The number of benzene rings is 1. The lowest BCUT2D eigenvalue weighted by Crippen LogP contribution is -2.26. The molecule has 0 radical (unpaired) electrons. The molecule has 0 saturated heterocycles. The van der Waals surface area contributed by atoms with Gasteiger partial charge >= 0.3 is 0 Å². The predicted octanol–water partition coefficient (Wildman–Crippen LogP) is 1.87. The van der Waals surface area contributed by atoms with Crippen LogP contribution in [0.15, 0.2) is 29.2 Å². The van der Waals surface area contributed by atoms with Gasteiger partial charge in [-0.1, -0.05) is 32.0 Å². The molecular weight excluding hydrogens is 248 g/mol. The Hall–Kier alpha value is -0.910. The van der Waals surface area contributed by atoms with E-state index in [1.54, 1.807) is 12.1 Å². The lowest BCUT2D eigenvalue weighted by molar-refractivity contribution is 0.577. The topological polar surface area (TPSA) is 58.2 Å². The van der Waals surface area contributed by atoms with E-state index >= 15 is 0 Å². The summed E-state index contributed by atoms with van der Waals surface area (Å²) in [6.45, 7) is 5.96. The number of hydrogen-bond donors (Lipinski definition) is 2. The number of nitrogens with one attached hydrogen (secondary N) is 2. The second kappa shape index (κ2) is 7.51. The zero-order chi connectivity index (χ0) is 13.4. The fraction of sp³-hybridized carbons (Fsp3) is 0.538. The van der Waals surface area contributed by atoms with E-state index in [0.717, 1.165) is 24.9 Å². The molecule has 0 amide bonds. The van der Waals surface area contributed by atoms with Gasteiger partial charge in [0.05, 0.1) is 4.90 Å². The fourth-order valence-electron chi connectivity index (χ4n) is 1.63. The van der Waals surface area contributed by atoms with Crippen molar-refractivity contribution >= 4 is 10.0 Å². The molecule has 1 aromatic rings. The molecule has 0 saturated carbocycles. The molecule has 2 N–H and O–H groups in total. The summed E-state index contributed by atoms with van der Waals surface area (Å²) in [7, 11) is -3.38. The average Bonchev–Trinajstić information content (AvgIpc) is 2.37. The molecule has 0 atom stereocenters. The van der Waals surface area contributed by atoms with Gasteiger partial charge in [-0.25, -0.2) is 13.1 Å². The molecule has 0 aromatic heterocycles. The van der Waals surface area contributed by atoms with Crippen molar-refractivity contribution in [3.63, 3.8) is 0 Å². The highest BCUT2D eigenvalue weighted by Crippen LogP contribution is 2.15. The highest BCUT2D eigenvalue weighted by atomic mass is 32.2. The van der Waals surface area contributed by atoms with Crippen LogP contribution >= 0.6 is 0 Å². The molecule has 0 spiro atoms. The Balaban J connectivity index is 2.87. The van der Waals surface area contributed by atoms with Crippen LogP contribution in [0.3, 0.4) is 0 Å². The Labute approximate surface area is 110 Å². The van der Waals surface area contributed by atoms with E-state index in [4.69, 9.17) is 0 Å². The summed E-state index contributed by atoms with van der Waals surface area (Å²) < 4.78 is 26.8. The number of hydrogen-bond acceptors (Lipinski definition) is 3. The minimum absolute atomic E-state index is 0.377. The van der Waals surface area contributed by atoms with Crippen LogP contribution in [0.1, 0.15) is 32.3 Å². The average molecular weight is 270 g/mol. The summed E-state index contributed by atoms with van der Waals surface area (Å²) in [5.41, 5.74) is 0.814. The second-order valence-corrected chi connectivity index (χ2v) is 5.92. The molecule has 4 nitrogen and oxygen atoms in total. The fourth-order valence-corrected chi connectivity index (χ4v) is 3.00. The molecule has 0 fully saturated rings. The zero-order valence-corrected chi connectivity index (χ0v) is 11.9. The third-order valence-corrected chi connectivity index (χ3v) is 4.11. The van der Waals surface area contributed by atoms with Crippen LogP contribution in [-0.4, -0.2) is 21.5 Å². The first-order valence-electron chi connectivity index (χ1n) is 6.40. The van der Waals surface area contributed by atoms with E-state index in [2.05, 4.69) is 17.0 Å². The van der Waals surface area contributed by atoms with Crippen LogP contribution in [-0.2, 0) is 16.6 Å². The van der Waals surface area contributed by atoms with Crippen molar-refractivity contribution in [3.8, 4) is 0 Å². The van der Waals surface area contributed by atoms with Crippen molar-refractivity contribution in [1.29, 1.82) is 0 Å². The van der Waals surface area contributed by atoms with Gasteiger partial charge in [0, 0.05) is 13.1 Å². The standard InChI is InChI=1S/C13H22N2O2S/c1-3-9-14-11-12-7-5-6-8-13(12)18(16,17)15-10-4-2/h5-8,14-15H,3-4,9-11H2,1-2H3. The lowest BCUT2D eigenvalue weighted by atomic mass is 10.2. The van der Waals surface area contributed by atoms with E-state index in [1.807, 2.05) is 19.1 Å². The lowest BCUT2D eigenvalue weighted by Gasteiger charge is -2.11. The molecule has 0 aliphatic rings. The molecule has 18 heavy (non-hydrogen) atoms. The third kappa shape index (κ3) is 4.40. The summed E-state index contributed by atoms with van der Waals surface area (Å²) in [4.78, 5) is 0.377. The number of sulfonamides is 1. The minimum atomic E-state index is -3.38. The van der Waals surface area contributed by atoms with Gasteiger partial charge in [-0.15, -0.1) is 0 Å². The monoisotopic (exact) mass is 270 g/mol. The van der Waals surface area contributed by atoms with E-state index in [9.17, 15) is 8.42 Å². The Kier molecular flexibility index (Phi) is 6.32. The first-order chi connectivity index (χ1) is 8.61. The van der Waals surface area contributed by atoms with Crippen molar-refractivity contribution in [1.82, 2.24) is 10.0 Å². The van der Waals surface area contributed by atoms with Gasteiger partial charge in [0.15, 0.2) is 0 Å². The van der Waals surface area contributed by atoms with Gasteiger partial charge in [-0.05, 0) is 31.0 Å². The Morgan fingerprint density at radius 1 is 1.06 bits per heavy atom. The van der Waals surface area contributed by atoms with Gasteiger partial charge in [0.2, 0.25) is 10.0 Å². The van der Waals surface area contributed by atoms with Gasteiger partial charge in [0.1, 0.15) is 0 Å². The van der Waals surface area contributed by atoms with Crippen molar-refractivity contribution in [2.45, 2.75) is 38.1 Å². The minimum Gasteiger partial charge on any atom is -0.313 e. The Bertz CT molecular complexity index is 458. The van der Waals surface area contributed by atoms with Crippen molar-refractivity contribution in [3.05, 3.63) is 29.8 Å². The number of rotatable bonds is 8. The Morgan fingerprint density at radius 2 is 1.72 bits per heavy atom. The molecule has 0 bridgehead atoms. The summed E-state index contributed by atoms with van der Waals surface area (Å²) >= 11 is 0. The van der Waals surface area contributed by atoms with Crippen molar-refractivity contribution in [2.24, 2.45) is 0 Å². The van der Waals surface area contributed by atoms with E-state index in [-0.39, 0.29) is 0 Å². The second-order valence-electron chi connectivity index (χ2n) is 4.18. The van der Waals surface area contributed by atoms with Crippen LogP contribution in [0.2, 0.25) is 0 Å². The van der Waals surface area contributed by atoms with Crippen molar-refractivity contribution in [2.75, 3.05) is 13.1 Å². The van der Waals surface area contributed by atoms with Crippen LogP contribution < -0.4 is 10.0 Å². The highest BCUT2D eigenvalue weighted by molar-refractivity contribution is 7.89. The molecule has 1 rings (SSSR count). The van der Waals surface area contributed by atoms with E-state index in [1.165, 1.54) is 0 Å². The van der Waals surface area contributed by atoms with Gasteiger partial charge in [-0.2, -0.15) is 0 Å². The summed E-state index contributed by atoms with van der Waals surface area (Å²) in [5, 5.41) is 3.23. The maximum Gasteiger partial charge on any atom is 0.240 e. The maximum atomic E-state index is 12.1. The van der Waals surface area contributed by atoms with Crippen LogP contribution in [0.5, 0.6) is 0 Å². The SMILES string of the molecule is CCCNCc1ccccc1S(=O)(=O)NCCC. The quantitative estimate of drug-likeness (QED) is 0.709. The first kappa shape index (κ1) is 15.1. The maximum absolute atomic E-state index is 12.1. The highest BCUT2D eigenvalue weighted by Gasteiger charge is 2.16. The molecule has 0 aliphatic carbocycles. The summed E-state index contributed by atoms with van der Waals surface area (Å²) in [6.07, 6.45) is 1.82. The zero-order valence-electron chi connectivity index (χ0n) is 11.1. The van der Waals surface area contributed by atoms with Crippen LogP contribution in [0.4, 0.5) is 0 Å². The first-order valence-corrected chi connectivity index (χ1v) is 7.88. The largest absolute Gasteiger partial charge is 0.313 e. The molecular formula is C13H22N2O2S. The summed E-state index contributed by atoms with van der Waals surface area (Å²) in [5.74, 6) is 0. The molecule has 0 aliphatic heterocycles. The summed E-state index contributed by atoms with van der Waals surface area (Å²) in [6, 6.07) is 7.12. The van der Waals surface area contributed by atoms with Crippen LogP contribution in [0, 0.1) is 0 Å². The smallest absolute Gasteiger partial charge is 0.240 e. The van der Waals surface area contributed by atoms with Crippen molar-refractivity contribution < 1.29 is 8.42 Å². The van der Waals surface area contributed by atoms with Crippen LogP contribution in [0.25, 0.3) is 0 Å². The van der Waals surface area contributed by atoms with Gasteiger partial charge < -0.3 is 5.32 Å². The van der Waals surface area contributed by atoms with Gasteiger partial charge in [-0.3, -0.25) is 0 Å². The Morgan fingerprint density at radius 3 is 2.39 bits per heavy atom. The molecule has 5 heteroatoms. The molecule has 102 valence electrons. The predicted molar refractivity (Wildman–Crippen MR) is 73.9 cm³/mol. The molecule has 0 heterocycles. The molecule has 0 unspecified atom stereocenters.